The van der Waals surface area contributed by atoms with E-state index in [9.17, 15) is 9.59 Å². The van der Waals surface area contributed by atoms with E-state index in [4.69, 9.17) is 0 Å². The molecule has 0 radical (unpaired) electrons. The molecule has 1 aromatic carbocycles. The topological polar surface area (TPSA) is 74.6 Å². The van der Waals surface area contributed by atoms with E-state index in [0.29, 0.717) is 31.9 Å². The van der Waals surface area contributed by atoms with Crippen LogP contribution in [0.5, 0.6) is 0 Å². The number of likely N-dealkylation sites (N-methyl/N-ethyl adjacent to an activating group) is 1. The fraction of sp³-hybridized carbons (Fsp3) is 0.300. The van der Waals surface area contributed by atoms with Gasteiger partial charge in [0, 0.05) is 51.0 Å². The van der Waals surface area contributed by atoms with Gasteiger partial charge in [-0.05, 0) is 11.5 Å². The van der Waals surface area contributed by atoms with Gasteiger partial charge < -0.3 is 9.80 Å². The second-order valence-corrected chi connectivity index (χ2v) is 7.28. The molecule has 0 saturated carbocycles. The summed E-state index contributed by atoms with van der Waals surface area (Å²) >= 11 is 0. The first kappa shape index (κ1) is 16.7. The normalized spacial score (nSPS) is 17.5. The van der Waals surface area contributed by atoms with Crippen molar-refractivity contribution < 1.29 is 9.59 Å². The van der Waals surface area contributed by atoms with Gasteiger partial charge in [-0.15, -0.1) is 0 Å². The Labute approximate surface area is 162 Å². The Hall–Kier alpha value is -3.42. The van der Waals surface area contributed by atoms with Crippen molar-refractivity contribution >= 4 is 28.4 Å². The molecule has 2 aliphatic rings. The van der Waals surface area contributed by atoms with Crippen molar-refractivity contribution in [3.63, 3.8) is 0 Å². The van der Waals surface area contributed by atoms with Gasteiger partial charge in [0.25, 0.3) is 5.91 Å². The molecule has 3 aromatic rings. The Bertz CT molecular complexity index is 1070. The molecule has 8 nitrogen and oxygen atoms in total. The average Bonchev–Trinajstić information content (AvgIpc) is 3.27. The molecule has 3 amide bonds. The summed E-state index contributed by atoms with van der Waals surface area (Å²) in [6, 6.07) is 9.80. The van der Waals surface area contributed by atoms with Crippen LogP contribution < -0.4 is 4.90 Å². The molecule has 2 aromatic heterocycles. The molecule has 0 aliphatic carbocycles. The number of fused-ring (bicyclic) bond motifs is 1. The fourth-order valence-corrected chi connectivity index (χ4v) is 3.78. The maximum absolute atomic E-state index is 12.9. The minimum Gasteiger partial charge on any atom is -0.333 e. The zero-order valence-corrected chi connectivity index (χ0v) is 15.5. The van der Waals surface area contributed by atoms with Crippen molar-refractivity contribution in [1.82, 2.24) is 24.6 Å². The van der Waals surface area contributed by atoms with Crippen LogP contribution in [0, 0.1) is 0 Å². The van der Waals surface area contributed by atoms with Crippen LogP contribution in [0.3, 0.4) is 0 Å². The van der Waals surface area contributed by atoms with E-state index in [-0.39, 0.29) is 18.0 Å². The Morgan fingerprint density at radius 1 is 1.14 bits per heavy atom. The number of carbonyl (C=O) groups excluding carboxylic acids is 2. The monoisotopic (exact) mass is 376 g/mol. The molecule has 28 heavy (non-hydrogen) atoms. The van der Waals surface area contributed by atoms with Crippen molar-refractivity contribution in [2.45, 2.75) is 6.04 Å². The van der Waals surface area contributed by atoms with E-state index in [1.807, 2.05) is 41.2 Å². The Kier molecular flexibility index (Phi) is 3.78. The molecule has 0 spiro atoms. The van der Waals surface area contributed by atoms with Crippen molar-refractivity contribution in [3.8, 4) is 0 Å². The number of likely N-dealkylation sites (tertiary alicyclic amines) is 1. The van der Waals surface area contributed by atoms with Gasteiger partial charge in [-0.1, -0.05) is 24.3 Å². The molecule has 8 heteroatoms. The first-order chi connectivity index (χ1) is 13.6. The number of urea groups is 1. The molecule has 4 heterocycles. The smallest absolute Gasteiger partial charge is 0.324 e. The predicted octanol–water partition coefficient (Wildman–Crippen LogP) is 2.00. The third-order valence-electron chi connectivity index (χ3n) is 5.52. The molecule has 0 atom stereocenters. The van der Waals surface area contributed by atoms with Crippen LogP contribution in [-0.2, 0) is 0 Å². The van der Waals surface area contributed by atoms with Crippen LogP contribution in [-0.4, -0.2) is 69.7 Å². The van der Waals surface area contributed by atoms with Crippen LogP contribution in [0.25, 0.3) is 10.8 Å². The van der Waals surface area contributed by atoms with Crippen molar-refractivity contribution in [2.75, 3.05) is 38.1 Å². The summed E-state index contributed by atoms with van der Waals surface area (Å²) < 4.78 is 1.85. The zero-order valence-electron chi connectivity index (χ0n) is 15.5. The van der Waals surface area contributed by atoms with Crippen molar-refractivity contribution in [3.05, 3.63) is 54.6 Å². The predicted molar refractivity (Wildman–Crippen MR) is 104 cm³/mol. The maximum atomic E-state index is 12.9. The van der Waals surface area contributed by atoms with Crippen molar-refractivity contribution in [1.29, 1.82) is 0 Å². The van der Waals surface area contributed by atoms with Gasteiger partial charge in [0.05, 0.1) is 17.9 Å². The zero-order chi connectivity index (χ0) is 19.3. The van der Waals surface area contributed by atoms with Gasteiger partial charge in [-0.25, -0.2) is 4.79 Å². The molecule has 5 rings (SSSR count). The number of amides is 3. The lowest BCUT2D eigenvalue weighted by molar-refractivity contribution is 0.0498. The standard InChI is InChI=1S/C20H20N6O2/c1-23-8-9-25(20(23)28)15-10-22-26(13-15)16-11-24(12-16)19(27)18-17-5-3-2-4-14(17)6-7-21-18/h2-7,10,13,16H,8-9,11-12H2,1H3. The highest BCUT2D eigenvalue weighted by molar-refractivity contribution is 6.05. The second kappa shape index (κ2) is 6.33. The third kappa shape index (κ3) is 2.60. The summed E-state index contributed by atoms with van der Waals surface area (Å²) in [7, 11) is 1.80. The van der Waals surface area contributed by atoms with Crippen molar-refractivity contribution in [2.24, 2.45) is 0 Å². The lowest BCUT2D eigenvalue weighted by Gasteiger charge is -2.39. The van der Waals surface area contributed by atoms with Crippen LogP contribution in [0.4, 0.5) is 10.5 Å². The van der Waals surface area contributed by atoms with E-state index in [1.165, 1.54) is 0 Å². The molecular weight excluding hydrogens is 356 g/mol. The quantitative estimate of drug-likeness (QED) is 0.701. The Balaban J connectivity index is 1.29. The number of rotatable bonds is 3. The van der Waals surface area contributed by atoms with E-state index in [2.05, 4.69) is 10.1 Å². The molecule has 2 saturated heterocycles. The largest absolute Gasteiger partial charge is 0.333 e. The van der Waals surface area contributed by atoms with Gasteiger partial charge in [-0.3, -0.25) is 19.4 Å². The van der Waals surface area contributed by atoms with Crippen LogP contribution in [0.1, 0.15) is 16.5 Å². The summed E-state index contributed by atoms with van der Waals surface area (Å²) in [5.74, 6) is -0.0585. The van der Waals surface area contributed by atoms with E-state index >= 15 is 0 Å². The van der Waals surface area contributed by atoms with E-state index in [0.717, 1.165) is 16.5 Å². The SMILES string of the molecule is CN1CCN(c2cnn(C3CN(C(=O)c4nccc5ccccc45)C3)c2)C1=O. The number of hydrogen-bond acceptors (Lipinski definition) is 4. The number of aromatic nitrogens is 3. The second-order valence-electron chi connectivity index (χ2n) is 7.28. The molecule has 2 fully saturated rings. The summed E-state index contributed by atoms with van der Waals surface area (Å²) in [4.78, 5) is 34.5. The number of hydrogen-bond donors (Lipinski definition) is 0. The highest BCUT2D eigenvalue weighted by Crippen LogP contribution is 2.27. The lowest BCUT2D eigenvalue weighted by atomic mass is 10.1. The average molecular weight is 376 g/mol. The van der Waals surface area contributed by atoms with E-state index in [1.54, 1.807) is 34.1 Å². The highest BCUT2D eigenvalue weighted by Gasteiger charge is 2.35. The minimum absolute atomic E-state index is 0.00741. The first-order valence-electron chi connectivity index (χ1n) is 9.31. The summed E-state index contributed by atoms with van der Waals surface area (Å²) in [5, 5.41) is 6.29. The van der Waals surface area contributed by atoms with Gasteiger partial charge >= 0.3 is 6.03 Å². The summed E-state index contributed by atoms with van der Waals surface area (Å²) in [6.07, 6.45) is 5.28. The van der Waals surface area contributed by atoms with Gasteiger partial charge in [-0.2, -0.15) is 5.10 Å². The van der Waals surface area contributed by atoms with Crippen LogP contribution in [0.2, 0.25) is 0 Å². The molecule has 0 bridgehead atoms. The number of nitrogens with zero attached hydrogens (tertiary/aromatic N) is 6. The molecule has 142 valence electrons. The Morgan fingerprint density at radius 3 is 2.75 bits per heavy atom. The van der Waals surface area contributed by atoms with Crippen LogP contribution >= 0.6 is 0 Å². The third-order valence-corrected chi connectivity index (χ3v) is 5.52. The van der Waals surface area contributed by atoms with Gasteiger partial charge in [0.2, 0.25) is 0 Å². The van der Waals surface area contributed by atoms with Crippen LogP contribution in [0.15, 0.2) is 48.9 Å². The first-order valence-corrected chi connectivity index (χ1v) is 9.31. The number of benzene rings is 1. The fourth-order valence-electron chi connectivity index (χ4n) is 3.78. The summed E-state index contributed by atoms with van der Waals surface area (Å²) in [6.45, 7) is 2.55. The van der Waals surface area contributed by atoms with E-state index < -0.39 is 0 Å². The number of pyridine rings is 1. The Morgan fingerprint density at radius 2 is 1.96 bits per heavy atom. The minimum atomic E-state index is -0.0585. The maximum Gasteiger partial charge on any atom is 0.324 e. The number of carbonyl (C=O) groups is 2. The van der Waals surface area contributed by atoms with Gasteiger partial charge in [0.1, 0.15) is 5.69 Å². The number of anilines is 1. The highest BCUT2D eigenvalue weighted by atomic mass is 16.2. The molecule has 2 aliphatic heterocycles. The molecule has 0 unspecified atom stereocenters. The molecular formula is C20H20N6O2. The van der Waals surface area contributed by atoms with Gasteiger partial charge in [0.15, 0.2) is 0 Å². The lowest BCUT2D eigenvalue weighted by Crippen LogP contribution is -2.51. The molecule has 0 N–H and O–H groups in total. The summed E-state index contributed by atoms with van der Waals surface area (Å²) in [5.41, 5.74) is 1.29.